The van der Waals surface area contributed by atoms with E-state index in [1.54, 1.807) is 0 Å². The first-order valence-corrected chi connectivity index (χ1v) is 7.25. The second-order valence-electron chi connectivity index (χ2n) is 4.67. The first kappa shape index (κ1) is 16.3. The molecule has 0 fully saturated rings. The lowest BCUT2D eigenvalue weighted by molar-refractivity contribution is -0.144. The molecule has 1 heterocycles. The maximum atomic E-state index is 12.9. The Kier molecular flexibility index (Phi) is 5.24. The number of halogens is 4. The van der Waals surface area contributed by atoms with Crippen LogP contribution in [0.5, 0.6) is 0 Å². The molecule has 0 aliphatic heterocycles. The molecule has 0 amide bonds. The quantitative estimate of drug-likeness (QED) is 0.741. The van der Waals surface area contributed by atoms with Gasteiger partial charge in [-0.2, -0.15) is 13.2 Å². The summed E-state index contributed by atoms with van der Waals surface area (Å²) in [7, 11) is 0. The van der Waals surface area contributed by atoms with Crippen LogP contribution in [0.2, 0.25) is 0 Å². The van der Waals surface area contributed by atoms with Crippen molar-refractivity contribution in [3.63, 3.8) is 0 Å². The van der Waals surface area contributed by atoms with Crippen LogP contribution >= 0.6 is 15.9 Å². The van der Waals surface area contributed by atoms with Gasteiger partial charge in [0.25, 0.3) is 5.56 Å². The number of alkyl halides is 4. The largest absolute Gasteiger partial charge is 0.431 e. The van der Waals surface area contributed by atoms with Crippen molar-refractivity contribution >= 4 is 15.9 Å². The van der Waals surface area contributed by atoms with Crippen molar-refractivity contribution in [1.82, 2.24) is 4.57 Å². The van der Waals surface area contributed by atoms with Crippen LogP contribution in [0.4, 0.5) is 13.2 Å². The zero-order valence-electron chi connectivity index (χ0n) is 10.9. The van der Waals surface area contributed by atoms with Gasteiger partial charge in [-0.1, -0.05) is 35.8 Å². The monoisotopic (exact) mass is 339 g/mol. The van der Waals surface area contributed by atoms with E-state index in [9.17, 15) is 18.0 Å². The average molecular weight is 340 g/mol. The Labute approximate surface area is 118 Å². The van der Waals surface area contributed by atoms with E-state index >= 15 is 0 Å². The molecule has 0 spiro atoms. The molecule has 1 rings (SSSR count). The van der Waals surface area contributed by atoms with Crippen LogP contribution in [0, 0.1) is 5.41 Å². The molecule has 0 N–H and O–H groups in total. The zero-order chi connectivity index (χ0) is 14.7. The Morgan fingerprint density at radius 1 is 1.21 bits per heavy atom. The second kappa shape index (κ2) is 6.11. The third-order valence-electron chi connectivity index (χ3n) is 3.62. The van der Waals surface area contributed by atoms with Gasteiger partial charge in [0.1, 0.15) is 5.69 Å². The van der Waals surface area contributed by atoms with E-state index in [4.69, 9.17) is 0 Å². The molecule has 19 heavy (non-hydrogen) atoms. The van der Waals surface area contributed by atoms with Gasteiger partial charge in [-0.15, -0.1) is 0 Å². The molecule has 0 saturated carbocycles. The molecular formula is C13H17BrF3NO. The fourth-order valence-electron chi connectivity index (χ4n) is 1.97. The number of hydrogen-bond acceptors (Lipinski definition) is 1. The highest BCUT2D eigenvalue weighted by atomic mass is 79.9. The Morgan fingerprint density at radius 3 is 2.21 bits per heavy atom. The van der Waals surface area contributed by atoms with Gasteiger partial charge in [0, 0.05) is 17.9 Å². The lowest BCUT2D eigenvalue weighted by Gasteiger charge is -2.31. The Hall–Kier alpha value is -0.780. The van der Waals surface area contributed by atoms with E-state index in [0.29, 0.717) is 18.2 Å². The molecule has 0 aliphatic rings. The summed E-state index contributed by atoms with van der Waals surface area (Å²) in [5.41, 5.74) is -1.83. The Bertz CT molecular complexity index is 469. The summed E-state index contributed by atoms with van der Waals surface area (Å²) >= 11 is 3.35. The van der Waals surface area contributed by atoms with Crippen LogP contribution in [0.25, 0.3) is 0 Å². The zero-order valence-corrected chi connectivity index (χ0v) is 12.5. The molecule has 1 aromatic heterocycles. The van der Waals surface area contributed by atoms with Gasteiger partial charge in [0.2, 0.25) is 0 Å². The number of nitrogens with zero attached hydrogens (tertiary/aromatic N) is 1. The van der Waals surface area contributed by atoms with Crippen LogP contribution in [0.15, 0.2) is 23.0 Å². The SMILES string of the molecule is CCC(CC)(CBr)Cn1c(C(F)(F)F)cccc1=O. The summed E-state index contributed by atoms with van der Waals surface area (Å²) < 4.78 is 39.7. The average Bonchev–Trinajstić information content (AvgIpc) is 2.36. The highest BCUT2D eigenvalue weighted by molar-refractivity contribution is 9.09. The van der Waals surface area contributed by atoms with Crippen LogP contribution in [-0.4, -0.2) is 9.90 Å². The van der Waals surface area contributed by atoms with Gasteiger partial charge in [0.15, 0.2) is 0 Å². The first-order valence-electron chi connectivity index (χ1n) is 6.12. The molecule has 0 unspecified atom stereocenters. The molecule has 0 bridgehead atoms. The summed E-state index contributed by atoms with van der Waals surface area (Å²) in [5.74, 6) is 0. The van der Waals surface area contributed by atoms with Crippen LogP contribution in [-0.2, 0) is 12.7 Å². The van der Waals surface area contributed by atoms with Crippen LogP contribution in [0.1, 0.15) is 32.4 Å². The van der Waals surface area contributed by atoms with E-state index in [2.05, 4.69) is 15.9 Å². The van der Waals surface area contributed by atoms with E-state index < -0.39 is 17.4 Å². The number of rotatable bonds is 5. The fraction of sp³-hybridized carbons (Fsp3) is 0.615. The van der Waals surface area contributed by atoms with Gasteiger partial charge in [-0.25, -0.2) is 0 Å². The van der Waals surface area contributed by atoms with E-state index in [1.165, 1.54) is 6.07 Å². The number of hydrogen-bond donors (Lipinski definition) is 0. The van der Waals surface area contributed by atoms with Crippen molar-refractivity contribution in [2.24, 2.45) is 5.41 Å². The summed E-state index contributed by atoms with van der Waals surface area (Å²) in [4.78, 5) is 11.8. The minimum atomic E-state index is -4.51. The van der Waals surface area contributed by atoms with E-state index in [0.717, 1.165) is 16.7 Å². The summed E-state index contributed by atoms with van der Waals surface area (Å²) in [6.07, 6.45) is -3.11. The molecule has 0 radical (unpaired) electrons. The highest BCUT2D eigenvalue weighted by Crippen LogP contribution is 2.34. The standard InChI is InChI=1S/C13H17BrF3NO/c1-3-12(4-2,8-14)9-18-10(13(15,16)17)6-5-7-11(18)19/h5-7H,3-4,8-9H2,1-2H3. The van der Waals surface area contributed by atoms with Gasteiger partial charge in [0.05, 0.1) is 0 Å². The van der Waals surface area contributed by atoms with Crippen molar-refractivity contribution < 1.29 is 13.2 Å². The van der Waals surface area contributed by atoms with Crippen molar-refractivity contribution in [2.75, 3.05) is 5.33 Å². The lowest BCUT2D eigenvalue weighted by atomic mass is 9.84. The second-order valence-corrected chi connectivity index (χ2v) is 5.23. The lowest BCUT2D eigenvalue weighted by Crippen LogP contribution is -2.36. The van der Waals surface area contributed by atoms with Crippen molar-refractivity contribution in [1.29, 1.82) is 0 Å². The summed E-state index contributed by atoms with van der Waals surface area (Å²) in [6, 6.07) is 3.26. The van der Waals surface area contributed by atoms with Crippen LogP contribution in [0.3, 0.4) is 0 Å². The molecule has 108 valence electrons. The predicted molar refractivity (Wildman–Crippen MR) is 72.5 cm³/mol. The topological polar surface area (TPSA) is 22.0 Å². The maximum Gasteiger partial charge on any atom is 0.431 e. The third kappa shape index (κ3) is 3.61. The van der Waals surface area contributed by atoms with E-state index in [-0.39, 0.29) is 12.0 Å². The molecule has 0 atom stereocenters. The first-order chi connectivity index (χ1) is 8.79. The Balaban J connectivity index is 3.31. The molecular weight excluding hydrogens is 323 g/mol. The third-order valence-corrected chi connectivity index (χ3v) is 4.81. The molecule has 2 nitrogen and oxygen atoms in total. The fourth-order valence-corrected chi connectivity index (χ4v) is 2.94. The molecule has 1 aromatic rings. The molecule has 0 saturated heterocycles. The summed E-state index contributed by atoms with van der Waals surface area (Å²) in [6.45, 7) is 3.91. The highest BCUT2D eigenvalue weighted by Gasteiger charge is 2.36. The Morgan fingerprint density at radius 2 is 1.79 bits per heavy atom. The van der Waals surface area contributed by atoms with Gasteiger partial charge in [-0.05, 0) is 24.3 Å². The van der Waals surface area contributed by atoms with Gasteiger partial charge < -0.3 is 4.57 Å². The van der Waals surface area contributed by atoms with Crippen molar-refractivity contribution in [3.8, 4) is 0 Å². The normalized spacial score (nSPS) is 12.7. The maximum absolute atomic E-state index is 12.9. The molecule has 6 heteroatoms. The van der Waals surface area contributed by atoms with Gasteiger partial charge in [-0.3, -0.25) is 4.79 Å². The predicted octanol–water partition coefficient (Wildman–Crippen LogP) is 4.07. The van der Waals surface area contributed by atoms with Crippen LogP contribution < -0.4 is 5.56 Å². The minimum Gasteiger partial charge on any atom is -0.304 e. The van der Waals surface area contributed by atoms with E-state index in [1.807, 2.05) is 13.8 Å². The van der Waals surface area contributed by atoms with Crippen molar-refractivity contribution in [3.05, 3.63) is 34.2 Å². The van der Waals surface area contributed by atoms with Crippen molar-refractivity contribution in [2.45, 2.75) is 39.4 Å². The van der Waals surface area contributed by atoms with Gasteiger partial charge >= 0.3 is 6.18 Å². The smallest absolute Gasteiger partial charge is 0.304 e. The number of pyridine rings is 1. The number of aromatic nitrogens is 1. The molecule has 0 aliphatic carbocycles. The molecule has 0 aromatic carbocycles. The minimum absolute atomic E-state index is 0.0692. The summed E-state index contributed by atoms with van der Waals surface area (Å²) in [5, 5.41) is 0.561.